The van der Waals surface area contributed by atoms with E-state index in [4.69, 9.17) is 10.5 Å². The van der Waals surface area contributed by atoms with Crippen LogP contribution in [-0.2, 0) is 10.3 Å². The normalized spacial score (nSPS) is 15.1. The van der Waals surface area contributed by atoms with Gasteiger partial charge in [0, 0.05) is 13.2 Å². The Balaban J connectivity index is 3.24. The van der Waals surface area contributed by atoms with E-state index in [0.717, 1.165) is 0 Å². The number of hydrogen-bond donors (Lipinski definition) is 2. The molecule has 0 aromatic carbocycles. The molecule has 1 unspecified atom stereocenters. The Hall–Kier alpha value is -1.36. The number of rotatable bonds is 3. The topological polar surface area (TPSA) is 81.0 Å². The molecule has 1 rings (SSSR count). The van der Waals surface area contributed by atoms with E-state index >= 15 is 0 Å². The summed E-state index contributed by atoms with van der Waals surface area (Å²) in [6.45, 7) is 3.80. The van der Waals surface area contributed by atoms with Gasteiger partial charge >= 0.3 is 0 Å². The summed E-state index contributed by atoms with van der Waals surface area (Å²) in [4.78, 5) is 17.8. The number of nitrogens with two attached hydrogens (primary N) is 1. The summed E-state index contributed by atoms with van der Waals surface area (Å²) < 4.78 is 5.29. The summed E-state index contributed by atoms with van der Waals surface area (Å²) in [5.41, 5.74) is 4.63. The Kier molecular flexibility index (Phi) is 2.90. The molecule has 1 aromatic heterocycles. The van der Waals surface area contributed by atoms with Gasteiger partial charge in [0.05, 0.1) is 0 Å². The fourth-order valence-electron chi connectivity index (χ4n) is 1.14. The van der Waals surface area contributed by atoms with Gasteiger partial charge in [0.1, 0.15) is 17.2 Å². The number of aromatic nitrogens is 2. The van der Waals surface area contributed by atoms with Crippen LogP contribution in [0.15, 0.2) is 10.9 Å². The summed E-state index contributed by atoms with van der Waals surface area (Å²) in [6.07, 6.45) is 0.704. The number of ether oxygens (including phenoxy) is 1. The van der Waals surface area contributed by atoms with Crippen molar-refractivity contribution < 1.29 is 4.74 Å². The first kappa shape index (κ1) is 10.7. The summed E-state index contributed by atoms with van der Waals surface area (Å²) in [7, 11) is 1.58. The molecule has 0 aliphatic heterocycles. The Labute approximate surface area is 82.3 Å². The third kappa shape index (κ3) is 1.93. The fraction of sp³-hybridized carbons (Fsp3) is 0.556. The summed E-state index contributed by atoms with van der Waals surface area (Å²) in [6, 6.07) is 1.25. The molecule has 14 heavy (non-hydrogen) atoms. The minimum atomic E-state index is -0.589. The molecule has 1 heterocycles. The van der Waals surface area contributed by atoms with Gasteiger partial charge in [-0.05, 0) is 13.3 Å². The molecule has 78 valence electrons. The van der Waals surface area contributed by atoms with Crippen molar-refractivity contribution in [3.05, 3.63) is 22.2 Å². The minimum absolute atomic E-state index is 0.209. The lowest BCUT2D eigenvalue weighted by molar-refractivity contribution is -0.00904. The monoisotopic (exact) mass is 197 g/mol. The van der Waals surface area contributed by atoms with Gasteiger partial charge in [-0.1, -0.05) is 6.92 Å². The second-order valence-corrected chi connectivity index (χ2v) is 3.31. The zero-order valence-electron chi connectivity index (χ0n) is 8.63. The van der Waals surface area contributed by atoms with Crippen LogP contribution in [0.25, 0.3) is 0 Å². The third-order valence-electron chi connectivity index (χ3n) is 2.39. The smallest absolute Gasteiger partial charge is 0.253 e. The van der Waals surface area contributed by atoms with Crippen molar-refractivity contribution in [2.75, 3.05) is 12.8 Å². The zero-order valence-corrected chi connectivity index (χ0v) is 8.63. The molecule has 0 amide bonds. The average Bonchev–Trinajstić information content (AvgIpc) is 2.15. The molecule has 0 aliphatic carbocycles. The third-order valence-corrected chi connectivity index (χ3v) is 2.39. The molecular formula is C9H15N3O2. The Morgan fingerprint density at radius 2 is 2.36 bits per heavy atom. The van der Waals surface area contributed by atoms with E-state index in [-0.39, 0.29) is 11.4 Å². The van der Waals surface area contributed by atoms with Crippen molar-refractivity contribution in [3.8, 4) is 0 Å². The maximum atomic E-state index is 11.2. The predicted octanol–water partition coefficient (Wildman–Crippen LogP) is 0.624. The second-order valence-electron chi connectivity index (χ2n) is 3.31. The van der Waals surface area contributed by atoms with E-state index in [1.54, 1.807) is 7.11 Å². The minimum Gasteiger partial charge on any atom is -0.383 e. The number of aromatic amines is 1. The predicted molar refractivity (Wildman–Crippen MR) is 53.9 cm³/mol. The molecule has 0 fully saturated rings. The van der Waals surface area contributed by atoms with Gasteiger partial charge in [0.15, 0.2) is 0 Å². The number of methoxy groups -OCH3 is 1. The highest BCUT2D eigenvalue weighted by Gasteiger charge is 2.26. The molecule has 1 atom stereocenters. The molecule has 1 aromatic rings. The van der Waals surface area contributed by atoms with Gasteiger partial charge in [0.25, 0.3) is 5.56 Å². The van der Waals surface area contributed by atoms with E-state index in [1.165, 1.54) is 6.07 Å². The Morgan fingerprint density at radius 3 is 2.79 bits per heavy atom. The van der Waals surface area contributed by atoms with Gasteiger partial charge in [-0.15, -0.1) is 0 Å². The molecule has 0 spiro atoms. The van der Waals surface area contributed by atoms with Crippen LogP contribution < -0.4 is 11.3 Å². The Morgan fingerprint density at radius 1 is 1.71 bits per heavy atom. The summed E-state index contributed by atoms with van der Waals surface area (Å²) in [5.74, 6) is 0.674. The second kappa shape index (κ2) is 3.79. The highest BCUT2D eigenvalue weighted by atomic mass is 16.5. The molecule has 0 saturated heterocycles. The van der Waals surface area contributed by atoms with Crippen LogP contribution >= 0.6 is 0 Å². The van der Waals surface area contributed by atoms with Crippen LogP contribution in [0.2, 0.25) is 0 Å². The largest absolute Gasteiger partial charge is 0.383 e. The van der Waals surface area contributed by atoms with Crippen LogP contribution in [0.4, 0.5) is 5.82 Å². The standard InChI is InChI=1S/C9H15N3O2/c1-4-9(2,14-3)8-11-6(10)5-7(13)12-8/h5H,4H2,1-3H3,(H3,10,11,12,13). The fourth-order valence-corrected chi connectivity index (χ4v) is 1.14. The van der Waals surface area contributed by atoms with Crippen LogP contribution in [0.1, 0.15) is 26.1 Å². The molecule has 0 saturated carbocycles. The van der Waals surface area contributed by atoms with Crippen molar-refractivity contribution in [1.29, 1.82) is 0 Å². The van der Waals surface area contributed by atoms with Crippen molar-refractivity contribution in [1.82, 2.24) is 9.97 Å². The molecule has 3 N–H and O–H groups in total. The maximum absolute atomic E-state index is 11.2. The number of anilines is 1. The SMILES string of the molecule is CCC(C)(OC)c1nc(N)cc(=O)[nH]1. The van der Waals surface area contributed by atoms with Crippen molar-refractivity contribution in [3.63, 3.8) is 0 Å². The lowest BCUT2D eigenvalue weighted by Crippen LogP contribution is -2.29. The summed E-state index contributed by atoms with van der Waals surface area (Å²) in [5, 5.41) is 0. The number of H-pyrrole nitrogens is 1. The molecule has 5 heteroatoms. The molecule has 0 aliphatic rings. The first-order chi connectivity index (χ1) is 6.51. The first-order valence-corrected chi connectivity index (χ1v) is 4.44. The maximum Gasteiger partial charge on any atom is 0.253 e. The lowest BCUT2D eigenvalue weighted by Gasteiger charge is -2.25. The van der Waals surface area contributed by atoms with Crippen LogP contribution in [0, 0.1) is 0 Å². The van der Waals surface area contributed by atoms with Gasteiger partial charge in [0.2, 0.25) is 0 Å². The quantitative estimate of drug-likeness (QED) is 0.744. The lowest BCUT2D eigenvalue weighted by atomic mass is 10.0. The number of nitrogen functional groups attached to an aromatic ring is 1. The number of nitrogens with one attached hydrogen (secondary N) is 1. The number of nitrogens with zero attached hydrogens (tertiary/aromatic N) is 1. The van der Waals surface area contributed by atoms with Crippen LogP contribution in [0.3, 0.4) is 0 Å². The molecular weight excluding hydrogens is 182 g/mol. The van der Waals surface area contributed by atoms with Gasteiger partial charge in [-0.2, -0.15) is 0 Å². The van der Waals surface area contributed by atoms with Crippen molar-refractivity contribution >= 4 is 5.82 Å². The zero-order chi connectivity index (χ0) is 10.8. The first-order valence-electron chi connectivity index (χ1n) is 4.44. The van der Waals surface area contributed by atoms with E-state index in [9.17, 15) is 4.79 Å². The summed E-state index contributed by atoms with van der Waals surface area (Å²) >= 11 is 0. The van der Waals surface area contributed by atoms with Crippen LogP contribution in [0.5, 0.6) is 0 Å². The van der Waals surface area contributed by atoms with Crippen molar-refractivity contribution in [2.24, 2.45) is 0 Å². The average molecular weight is 197 g/mol. The number of hydrogen-bond acceptors (Lipinski definition) is 4. The highest BCUT2D eigenvalue weighted by molar-refractivity contribution is 5.26. The van der Waals surface area contributed by atoms with Gasteiger partial charge < -0.3 is 15.5 Å². The highest BCUT2D eigenvalue weighted by Crippen LogP contribution is 2.24. The molecule has 0 radical (unpaired) electrons. The van der Waals surface area contributed by atoms with Gasteiger partial charge in [-0.3, -0.25) is 4.79 Å². The van der Waals surface area contributed by atoms with Crippen molar-refractivity contribution in [2.45, 2.75) is 25.9 Å². The van der Waals surface area contributed by atoms with E-state index in [0.29, 0.717) is 12.2 Å². The van der Waals surface area contributed by atoms with E-state index in [2.05, 4.69) is 9.97 Å². The van der Waals surface area contributed by atoms with Gasteiger partial charge in [-0.25, -0.2) is 4.98 Å². The van der Waals surface area contributed by atoms with E-state index < -0.39 is 5.60 Å². The van der Waals surface area contributed by atoms with Crippen LogP contribution in [-0.4, -0.2) is 17.1 Å². The van der Waals surface area contributed by atoms with E-state index in [1.807, 2.05) is 13.8 Å². The molecule has 0 bridgehead atoms. The Bertz CT molecular complexity index is 369. The molecule has 5 nitrogen and oxygen atoms in total.